The van der Waals surface area contributed by atoms with Crippen molar-refractivity contribution in [3.63, 3.8) is 0 Å². The number of unbranched alkanes of at least 4 members (excludes halogenated alkanes) is 1. The molecule has 2 aromatic carbocycles. The molecule has 6 heteroatoms. The van der Waals surface area contributed by atoms with Gasteiger partial charge in [-0.25, -0.2) is 4.79 Å². The molecule has 0 aliphatic carbocycles. The SMILES string of the molecule is CCCCOC(C)Oc1ccc(-c2ccc3c(c2)C=C(C(=O)O)CCN3Cc2ccco2)cc1. The maximum absolute atomic E-state index is 11.8. The quantitative estimate of drug-likeness (QED) is 0.280. The summed E-state index contributed by atoms with van der Waals surface area (Å²) < 4.78 is 17.0. The summed E-state index contributed by atoms with van der Waals surface area (Å²) >= 11 is 0. The summed E-state index contributed by atoms with van der Waals surface area (Å²) in [6.45, 7) is 5.91. The van der Waals surface area contributed by atoms with E-state index in [0.717, 1.165) is 46.7 Å². The number of carbonyl (C=O) groups is 1. The molecule has 0 amide bonds. The van der Waals surface area contributed by atoms with E-state index in [0.29, 0.717) is 31.7 Å². The smallest absolute Gasteiger partial charge is 0.331 e. The van der Waals surface area contributed by atoms with E-state index in [2.05, 4.69) is 24.0 Å². The van der Waals surface area contributed by atoms with Gasteiger partial charge in [0.05, 0.1) is 19.4 Å². The Kier molecular flexibility index (Phi) is 7.70. The molecule has 178 valence electrons. The highest BCUT2D eigenvalue weighted by molar-refractivity contribution is 5.94. The van der Waals surface area contributed by atoms with Gasteiger partial charge in [0.25, 0.3) is 0 Å². The molecular formula is C28H31NO5. The topological polar surface area (TPSA) is 72.1 Å². The van der Waals surface area contributed by atoms with E-state index >= 15 is 0 Å². The maximum Gasteiger partial charge on any atom is 0.331 e. The van der Waals surface area contributed by atoms with Crippen molar-refractivity contribution < 1.29 is 23.8 Å². The number of aliphatic carboxylic acids is 1. The minimum atomic E-state index is -0.882. The van der Waals surface area contributed by atoms with Crippen LogP contribution in [0.4, 0.5) is 5.69 Å². The molecule has 34 heavy (non-hydrogen) atoms. The Morgan fingerprint density at radius 1 is 1.15 bits per heavy atom. The molecule has 1 aromatic heterocycles. The number of benzene rings is 2. The molecule has 1 N–H and O–H groups in total. The molecule has 1 unspecified atom stereocenters. The van der Waals surface area contributed by atoms with Gasteiger partial charge < -0.3 is 23.9 Å². The predicted octanol–water partition coefficient (Wildman–Crippen LogP) is 6.37. The number of rotatable bonds is 10. The van der Waals surface area contributed by atoms with Gasteiger partial charge in [0.1, 0.15) is 11.5 Å². The summed E-state index contributed by atoms with van der Waals surface area (Å²) in [4.78, 5) is 13.9. The van der Waals surface area contributed by atoms with Crippen LogP contribution < -0.4 is 9.64 Å². The van der Waals surface area contributed by atoms with Crippen molar-refractivity contribution in [2.75, 3.05) is 18.1 Å². The highest BCUT2D eigenvalue weighted by Gasteiger charge is 2.20. The Morgan fingerprint density at radius 3 is 2.65 bits per heavy atom. The average Bonchev–Trinajstić information content (AvgIpc) is 3.27. The Balaban J connectivity index is 1.55. The number of carboxylic acids is 1. The van der Waals surface area contributed by atoms with E-state index in [1.807, 2.05) is 49.4 Å². The molecule has 1 aliphatic heterocycles. The Hall–Kier alpha value is -3.51. The maximum atomic E-state index is 11.8. The van der Waals surface area contributed by atoms with Gasteiger partial charge in [-0.3, -0.25) is 0 Å². The fourth-order valence-corrected chi connectivity index (χ4v) is 4.04. The highest BCUT2D eigenvalue weighted by Crippen LogP contribution is 2.34. The molecule has 0 fully saturated rings. The summed E-state index contributed by atoms with van der Waals surface area (Å²) in [5.41, 5.74) is 4.33. The molecule has 0 spiro atoms. The van der Waals surface area contributed by atoms with Crippen molar-refractivity contribution in [2.24, 2.45) is 0 Å². The van der Waals surface area contributed by atoms with Crippen LogP contribution in [0.3, 0.4) is 0 Å². The van der Waals surface area contributed by atoms with Crippen molar-refractivity contribution in [1.29, 1.82) is 0 Å². The summed E-state index contributed by atoms with van der Waals surface area (Å²) in [6.07, 6.45) is 5.71. The minimum absolute atomic E-state index is 0.301. The summed E-state index contributed by atoms with van der Waals surface area (Å²) in [5.74, 6) is 0.713. The van der Waals surface area contributed by atoms with E-state index in [1.165, 1.54) is 0 Å². The normalized spacial score (nSPS) is 14.2. The zero-order valence-corrected chi connectivity index (χ0v) is 19.7. The number of anilines is 1. The third-order valence-corrected chi connectivity index (χ3v) is 5.89. The first kappa shape index (κ1) is 23.6. The Morgan fingerprint density at radius 2 is 1.94 bits per heavy atom. The van der Waals surface area contributed by atoms with Crippen LogP contribution in [0.1, 0.15) is 44.4 Å². The van der Waals surface area contributed by atoms with Crippen LogP contribution in [0.25, 0.3) is 17.2 Å². The van der Waals surface area contributed by atoms with Crippen molar-refractivity contribution >= 4 is 17.7 Å². The van der Waals surface area contributed by atoms with Crippen LogP contribution in [0.2, 0.25) is 0 Å². The van der Waals surface area contributed by atoms with Gasteiger partial charge in [-0.05, 0) is 78.9 Å². The lowest BCUT2D eigenvalue weighted by Gasteiger charge is -2.24. The van der Waals surface area contributed by atoms with Crippen LogP contribution in [-0.2, 0) is 16.1 Å². The molecule has 4 rings (SSSR count). The van der Waals surface area contributed by atoms with E-state index in [9.17, 15) is 9.90 Å². The Bertz CT molecular complexity index is 1120. The van der Waals surface area contributed by atoms with Crippen molar-refractivity contribution in [2.45, 2.75) is 45.9 Å². The van der Waals surface area contributed by atoms with Crippen LogP contribution in [-0.4, -0.2) is 30.5 Å². The van der Waals surface area contributed by atoms with Gasteiger partial charge in [0.15, 0.2) is 6.29 Å². The molecule has 2 heterocycles. The molecule has 0 saturated heterocycles. The molecule has 1 aliphatic rings. The van der Waals surface area contributed by atoms with Gasteiger partial charge in [-0.1, -0.05) is 31.5 Å². The van der Waals surface area contributed by atoms with Crippen LogP contribution >= 0.6 is 0 Å². The Labute approximate surface area is 200 Å². The minimum Gasteiger partial charge on any atom is -0.478 e. The molecule has 0 radical (unpaired) electrons. The first-order valence-electron chi connectivity index (χ1n) is 11.8. The van der Waals surface area contributed by atoms with Gasteiger partial charge in [0, 0.05) is 17.8 Å². The summed E-state index contributed by atoms with van der Waals surface area (Å²) in [5, 5.41) is 9.66. The molecule has 0 bridgehead atoms. The lowest BCUT2D eigenvalue weighted by Crippen LogP contribution is -2.24. The number of hydrogen-bond donors (Lipinski definition) is 1. The number of nitrogens with zero attached hydrogens (tertiary/aromatic N) is 1. The molecule has 1 atom stereocenters. The van der Waals surface area contributed by atoms with Crippen LogP contribution in [0, 0.1) is 0 Å². The van der Waals surface area contributed by atoms with E-state index in [4.69, 9.17) is 13.9 Å². The van der Waals surface area contributed by atoms with Gasteiger partial charge in [-0.15, -0.1) is 0 Å². The first-order valence-corrected chi connectivity index (χ1v) is 11.8. The van der Waals surface area contributed by atoms with Crippen molar-refractivity contribution in [1.82, 2.24) is 0 Å². The predicted molar refractivity (Wildman–Crippen MR) is 133 cm³/mol. The van der Waals surface area contributed by atoms with E-state index in [-0.39, 0.29) is 6.29 Å². The number of fused-ring (bicyclic) bond motifs is 1. The number of furan rings is 1. The molecular weight excluding hydrogens is 430 g/mol. The molecule has 6 nitrogen and oxygen atoms in total. The second kappa shape index (κ2) is 11.1. The lowest BCUT2D eigenvalue weighted by atomic mass is 10.00. The zero-order chi connectivity index (χ0) is 23.9. The largest absolute Gasteiger partial charge is 0.478 e. The second-order valence-corrected chi connectivity index (χ2v) is 8.43. The van der Waals surface area contributed by atoms with Crippen LogP contribution in [0.5, 0.6) is 5.75 Å². The fourth-order valence-electron chi connectivity index (χ4n) is 4.04. The van der Waals surface area contributed by atoms with Gasteiger partial charge >= 0.3 is 5.97 Å². The highest BCUT2D eigenvalue weighted by atomic mass is 16.7. The molecule has 0 saturated carbocycles. The fraction of sp³-hybridized carbons (Fsp3) is 0.321. The second-order valence-electron chi connectivity index (χ2n) is 8.43. The van der Waals surface area contributed by atoms with E-state index in [1.54, 1.807) is 12.3 Å². The standard InChI is InChI=1S/C28H31NO5/c1-3-4-15-32-20(2)34-25-10-7-21(8-11-25)22-9-12-27-24(17-22)18-23(28(30)31)13-14-29(27)19-26-6-5-16-33-26/h5-12,16-18,20H,3-4,13-15,19H2,1-2H3,(H,30,31). The van der Waals surface area contributed by atoms with Crippen molar-refractivity contribution in [3.8, 4) is 16.9 Å². The number of ether oxygens (including phenoxy) is 2. The van der Waals surface area contributed by atoms with Crippen molar-refractivity contribution in [3.05, 3.63) is 77.8 Å². The number of hydrogen-bond acceptors (Lipinski definition) is 5. The monoisotopic (exact) mass is 461 g/mol. The summed E-state index contributed by atoms with van der Waals surface area (Å²) in [7, 11) is 0. The third kappa shape index (κ3) is 5.88. The first-order chi connectivity index (χ1) is 16.5. The average molecular weight is 462 g/mol. The van der Waals surface area contributed by atoms with E-state index < -0.39 is 5.97 Å². The zero-order valence-electron chi connectivity index (χ0n) is 19.7. The lowest BCUT2D eigenvalue weighted by molar-refractivity contribution is -0.132. The van der Waals surface area contributed by atoms with Gasteiger partial charge in [-0.2, -0.15) is 0 Å². The van der Waals surface area contributed by atoms with Crippen LogP contribution in [0.15, 0.2) is 70.9 Å². The third-order valence-electron chi connectivity index (χ3n) is 5.89. The van der Waals surface area contributed by atoms with Gasteiger partial charge in [0.2, 0.25) is 0 Å². The number of carboxylic acid groups (broad SMARTS) is 1. The molecule has 3 aromatic rings. The summed E-state index contributed by atoms with van der Waals surface area (Å²) in [6, 6.07) is 17.9.